The van der Waals surface area contributed by atoms with Crippen LogP contribution in [0.2, 0.25) is 10.0 Å². The molecule has 2 rings (SSSR count). The van der Waals surface area contributed by atoms with Crippen LogP contribution in [0.5, 0.6) is 0 Å². The Labute approximate surface area is 136 Å². The summed E-state index contributed by atoms with van der Waals surface area (Å²) in [6, 6.07) is 3.59. The van der Waals surface area contributed by atoms with Gasteiger partial charge in [0.05, 0.1) is 21.1 Å². The van der Waals surface area contributed by atoms with Crippen molar-refractivity contribution in [2.75, 3.05) is 11.9 Å². The number of nitrogens with one attached hydrogen (secondary N) is 1. The zero-order chi connectivity index (χ0) is 15.5. The number of halogens is 2. The van der Waals surface area contributed by atoms with Crippen molar-refractivity contribution >= 4 is 34.8 Å². The van der Waals surface area contributed by atoms with Crippen molar-refractivity contribution in [2.45, 2.75) is 45.4 Å². The molecule has 0 atom stereocenters. The summed E-state index contributed by atoms with van der Waals surface area (Å²) in [5, 5.41) is 3.88. The number of nitrogens with two attached hydrogens (primary N) is 1. The first-order valence-corrected chi connectivity index (χ1v) is 8.22. The Balaban J connectivity index is 2.25. The molecule has 0 saturated heterocycles. The van der Waals surface area contributed by atoms with Crippen LogP contribution in [0.15, 0.2) is 12.1 Å². The van der Waals surface area contributed by atoms with Crippen molar-refractivity contribution in [2.24, 2.45) is 11.1 Å². The zero-order valence-electron chi connectivity index (χ0n) is 12.3. The maximum Gasteiger partial charge on any atom is 0.231 e. The van der Waals surface area contributed by atoms with Crippen LogP contribution in [0.1, 0.15) is 44.1 Å². The van der Waals surface area contributed by atoms with Crippen LogP contribution >= 0.6 is 23.2 Å². The van der Waals surface area contributed by atoms with E-state index in [-0.39, 0.29) is 5.91 Å². The van der Waals surface area contributed by atoms with Crippen molar-refractivity contribution in [3.05, 3.63) is 27.7 Å². The van der Waals surface area contributed by atoms with Gasteiger partial charge in [-0.15, -0.1) is 0 Å². The van der Waals surface area contributed by atoms with E-state index < -0.39 is 5.41 Å². The lowest BCUT2D eigenvalue weighted by Gasteiger charge is -2.30. The van der Waals surface area contributed by atoms with E-state index in [1.165, 1.54) is 12.8 Å². The van der Waals surface area contributed by atoms with Gasteiger partial charge in [-0.1, -0.05) is 55.0 Å². The van der Waals surface area contributed by atoms with Crippen LogP contribution in [-0.2, 0) is 4.79 Å². The number of rotatable bonds is 3. The second kappa shape index (κ2) is 6.99. The lowest BCUT2D eigenvalue weighted by atomic mass is 9.79. The molecule has 3 N–H and O–H groups in total. The van der Waals surface area contributed by atoms with Crippen molar-refractivity contribution in [1.82, 2.24) is 0 Å². The summed E-state index contributed by atoms with van der Waals surface area (Å²) in [6.45, 7) is 2.25. The number of carbonyl (C=O) groups is 1. The molecule has 0 bridgehead atoms. The van der Waals surface area contributed by atoms with Crippen LogP contribution < -0.4 is 11.1 Å². The van der Waals surface area contributed by atoms with Gasteiger partial charge in [0.1, 0.15) is 0 Å². The van der Waals surface area contributed by atoms with Crippen molar-refractivity contribution in [3.63, 3.8) is 0 Å². The van der Waals surface area contributed by atoms with Gasteiger partial charge in [0, 0.05) is 6.54 Å². The number of amides is 1. The van der Waals surface area contributed by atoms with Crippen molar-refractivity contribution in [3.8, 4) is 0 Å². The van der Waals surface area contributed by atoms with E-state index >= 15 is 0 Å². The van der Waals surface area contributed by atoms with Crippen molar-refractivity contribution < 1.29 is 4.79 Å². The van der Waals surface area contributed by atoms with Gasteiger partial charge in [0.15, 0.2) is 0 Å². The van der Waals surface area contributed by atoms with E-state index in [1.54, 1.807) is 6.07 Å². The Bertz CT molecular complexity index is 523. The predicted octanol–water partition coefficient (Wildman–Crippen LogP) is 4.54. The largest absolute Gasteiger partial charge is 0.329 e. The summed E-state index contributed by atoms with van der Waals surface area (Å²) in [5.74, 6) is -0.0544. The SMILES string of the molecule is Cc1ccc(Cl)c(NC(=O)C2(CN)CCCCCC2)c1Cl. The highest BCUT2D eigenvalue weighted by Gasteiger charge is 2.37. The second-order valence-corrected chi connectivity index (χ2v) is 6.69. The Morgan fingerprint density at radius 3 is 2.43 bits per heavy atom. The minimum absolute atomic E-state index is 0.0544. The fourth-order valence-corrected chi connectivity index (χ4v) is 3.41. The molecule has 0 spiro atoms. The molecule has 0 heterocycles. The van der Waals surface area contributed by atoms with Crippen LogP contribution in [0.3, 0.4) is 0 Å². The predicted molar refractivity (Wildman–Crippen MR) is 89.0 cm³/mol. The molecule has 1 aromatic rings. The van der Waals surface area contributed by atoms with Gasteiger partial charge in [-0.3, -0.25) is 4.79 Å². The molecule has 5 heteroatoms. The third-order valence-corrected chi connectivity index (χ3v) is 5.26. The minimum atomic E-state index is -0.493. The molecular formula is C16H22Cl2N2O. The fourth-order valence-electron chi connectivity index (χ4n) is 2.95. The van der Waals surface area contributed by atoms with E-state index in [9.17, 15) is 4.79 Å². The molecule has 1 fully saturated rings. The maximum atomic E-state index is 12.8. The topological polar surface area (TPSA) is 55.1 Å². The van der Waals surface area contributed by atoms with Gasteiger partial charge in [-0.05, 0) is 31.4 Å². The van der Waals surface area contributed by atoms with Crippen LogP contribution in [0.4, 0.5) is 5.69 Å². The Kier molecular flexibility index (Phi) is 5.53. The van der Waals surface area contributed by atoms with Gasteiger partial charge in [0.2, 0.25) is 5.91 Å². The molecule has 1 aromatic carbocycles. The number of hydrogen-bond acceptors (Lipinski definition) is 2. The standard InChI is InChI=1S/C16H22Cl2N2O/c1-11-6-7-12(17)14(13(11)18)20-15(21)16(10-19)8-4-2-3-5-9-16/h6-7H,2-5,8-10,19H2,1H3,(H,20,21). The Hall–Kier alpha value is -0.770. The lowest BCUT2D eigenvalue weighted by Crippen LogP contribution is -2.42. The number of hydrogen-bond donors (Lipinski definition) is 2. The molecule has 0 radical (unpaired) electrons. The molecule has 1 saturated carbocycles. The molecule has 1 aliphatic rings. The minimum Gasteiger partial charge on any atom is -0.329 e. The summed E-state index contributed by atoms with van der Waals surface area (Å²) >= 11 is 12.4. The molecular weight excluding hydrogens is 307 g/mol. The highest BCUT2D eigenvalue weighted by atomic mass is 35.5. The number of aryl methyl sites for hydroxylation is 1. The summed E-state index contributed by atoms with van der Waals surface area (Å²) < 4.78 is 0. The highest BCUT2D eigenvalue weighted by molar-refractivity contribution is 6.40. The van der Waals surface area contributed by atoms with Crippen LogP contribution in [-0.4, -0.2) is 12.5 Å². The summed E-state index contributed by atoms with van der Waals surface area (Å²) in [6.07, 6.45) is 6.08. The monoisotopic (exact) mass is 328 g/mol. The highest BCUT2D eigenvalue weighted by Crippen LogP contribution is 2.38. The number of anilines is 1. The fraction of sp³-hybridized carbons (Fsp3) is 0.562. The van der Waals surface area contributed by atoms with Crippen LogP contribution in [0.25, 0.3) is 0 Å². The summed E-state index contributed by atoms with van der Waals surface area (Å²) in [7, 11) is 0. The normalized spacial score (nSPS) is 18.1. The van der Waals surface area contributed by atoms with Crippen molar-refractivity contribution in [1.29, 1.82) is 0 Å². The molecule has 0 unspecified atom stereocenters. The van der Waals surface area contributed by atoms with E-state index in [0.29, 0.717) is 22.3 Å². The average Bonchev–Trinajstić information content (AvgIpc) is 2.74. The van der Waals surface area contributed by atoms with Gasteiger partial charge in [-0.25, -0.2) is 0 Å². The van der Waals surface area contributed by atoms with Crippen LogP contribution in [0, 0.1) is 12.3 Å². The molecule has 1 amide bonds. The third kappa shape index (κ3) is 3.53. The van der Waals surface area contributed by atoms with E-state index in [4.69, 9.17) is 28.9 Å². The summed E-state index contributed by atoms with van der Waals surface area (Å²) in [5.41, 5.74) is 6.84. The molecule has 0 aromatic heterocycles. The molecule has 0 aliphatic heterocycles. The van der Waals surface area contributed by atoms with Gasteiger partial charge >= 0.3 is 0 Å². The first-order valence-electron chi connectivity index (χ1n) is 7.46. The summed E-state index contributed by atoms with van der Waals surface area (Å²) in [4.78, 5) is 12.8. The second-order valence-electron chi connectivity index (χ2n) is 5.91. The number of benzene rings is 1. The molecule has 3 nitrogen and oxygen atoms in total. The molecule has 116 valence electrons. The quantitative estimate of drug-likeness (QED) is 0.800. The molecule has 21 heavy (non-hydrogen) atoms. The Morgan fingerprint density at radius 1 is 1.24 bits per heavy atom. The Morgan fingerprint density at radius 2 is 1.86 bits per heavy atom. The van der Waals surface area contributed by atoms with Gasteiger partial charge < -0.3 is 11.1 Å². The van der Waals surface area contributed by atoms with Gasteiger partial charge in [-0.2, -0.15) is 0 Å². The third-order valence-electron chi connectivity index (χ3n) is 4.46. The van der Waals surface area contributed by atoms with E-state index in [1.807, 2.05) is 13.0 Å². The van der Waals surface area contributed by atoms with Gasteiger partial charge in [0.25, 0.3) is 0 Å². The lowest BCUT2D eigenvalue weighted by molar-refractivity contribution is -0.125. The number of carbonyl (C=O) groups excluding carboxylic acids is 1. The average molecular weight is 329 g/mol. The molecule has 1 aliphatic carbocycles. The maximum absolute atomic E-state index is 12.8. The van der Waals surface area contributed by atoms with E-state index in [2.05, 4.69) is 5.32 Å². The zero-order valence-corrected chi connectivity index (χ0v) is 13.9. The first kappa shape index (κ1) is 16.6. The smallest absolute Gasteiger partial charge is 0.231 e. The first-order chi connectivity index (χ1) is 10.00. The van der Waals surface area contributed by atoms with E-state index in [0.717, 1.165) is 31.2 Å².